The minimum Gasteiger partial charge on any atom is -0.338 e. The summed E-state index contributed by atoms with van der Waals surface area (Å²) in [6.07, 6.45) is 0.389. The molecule has 1 aromatic rings. The summed E-state index contributed by atoms with van der Waals surface area (Å²) in [5.41, 5.74) is -0.101. The highest BCUT2D eigenvalue weighted by atomic mass is 35.5. The average molecular weight is 306 g/mol. The third kappa shape index (κ3) is 3.06. The Morgan fingerprint density at radius 3 is 2.68 bits per heavy atom. The highest BCUT2D eigenvalue weighted by Crippen LogP contribution is 2.21. The first kappa shape index (κ1) is 14.3. The summed E-state index contributed by atoms with van der Waals surface area (Å²) in [5.74, 6) is -1.23. The standard InChI is InChI=1S/C12H13ClFNO3S/c1-15(9-4-5-19(17,18)7-9)12(16)10-3-2-8(13)6-11(10)14/h2-3,6,9H,4-5,7H2,1H3/t9-/m1/s1. The Labute approximate surface area is 116 Å². The Balaban J connectivity index is 2.20. The quantitative estimate of drug-likeness (QED) is 0.836. The molecule has 7 heteroatoms. The molecular weight excluding hydrogens is 293 g/mol. The van der Waals surface area contributed by atoms with Crippen molar-refractivity contribution in [3.8, 4) is 0 Å². The fraction of sp³-hybridized carbons (Fsp3) is 0.417. The summed E-state index contributed by atoms with van der Waals surface area (Å²) < 4.78 is 36.4. The normalized spacial score (nSPS) is 21.3. The third-order valence-electron chi connectivity index (χ3n) is 3.24. The molecule has 0 saturated carbocycles. The minimum atomic E-state index is -3.08. The molecule has 0 aromatic heterocycles. The van der Waals surface area contributed by atoms with Crippen LogP contribution in [0.5, 0.6) is 0 Å². The van der Waals surface area contributed by atoms with Gasteiger partial charge in [0.2, 0.25) is 0 Å². The van der Waals surface area contributed by atoms with Crippen molar-refractivity contribution < 1.29 is 17.6 Å². The van der Waals surface area contributed by atoms with Crippen molar-refractivity contribution in [2.75, 3.05) is 18.6 Å². The monoisotopic (exact) mass is 305 g/mol. The van der Waals surface area contributed by atoms with E-state index in [9.17, 15) is 17.6 Å². The lowest BCUT2D eigenvalue weighted by Gasteiger charge is -2.23. The Bertz CT molecular complexity index is 617. The van der Waals surface area contributed by atoms with Crippen LogP contribution in [0.15, 0.2) is 18.2 Å². The van der Waals surface area contributed by atoms with Gasteiger partial charge in [0, 0.05) is 18.1 Å². The zero-order chi connectivity index (χ0) is 14.2. The van der Waals surface area contributed by atoms with Crippen molar-refractivity contribution in [3.63, 3.8) is 0 Å². The van der Waals surface area contributed by atoms with E-state index in [-0.39, 0.29) is 22.1 Å². The Kier molecular flexibility index (Phi) is 3.82. The van der Waals surface area contributed by atoms with Gasteiger partial charge in [0.15, 0.2) is 9.84 Å². The van der Waals surface area contributed by atoms with Crippen LogP contribution in [0.2, 0.25) is 5.02 Å². The highest BCUT2D eigenvalue weighted by molar-refractivity contribution is 7.91. The molecule has 1 aliphatic rings. The Morgan fingerprint density at radius 2 is 2.16 bits per heavy atom. The molecule has 1 aromatic carbocycles. The zero-order valence-corrected chi connectivity index (χ0v) is 11.8. The average Bonchev–Trinajstić information content (AvgIpc) is 2.68. The molecule has 0 aliphatic carbocycles. The molecule has 0 bridgehead atoms. The Hall–Kier alpha value is -1.14. The molecule has 1 heterocycles. The molecule has 2 rings (SSSR count). The van der Waals surface area contributed by atoms with E-state index in [1.54, 1.807) is 0 Å². The van der Waals surface area contributed by atoms with E-state index >= 15 is 0 Å². The number of amides is 1. The smallest absolute Gasteiger partial charge is 0.256 e. The lowest BCUT2D eigenvalue weighted by atomic mass is 10.1. The van der Waals surface area contributed by atoms with Gasteiger partial charge in [-0.3, -0.25) is 4.79 Å². The molecule has 0 N–H and O–H groups in total. The van der Waals surface area contributed by atoms with Crippen LogP contribution in [-0.2, 0) is 9.84 Å². The van der Waals surface area contributed by atoms with Crippen molar-refractivity contribution in [2.24, 2.45) is 0 Å². The lowest BCUT2D eigenvalue weighted by Crippen LogP contribution is -2.38. The topological polar surface area (TPSA) is 54.5 Å². The van der Waals surface area contributed by atoms with Crippen LogP contribution >= 0.6 is 11.6 Å². The molecular formula is C12H13ClFNO3S. The summed E-state index contributed by atoms with van der Waals surface area (Å²) in [5, 5.41) is 0.208. The van der Waals surface area contributed by atoms with Gasteiger partial charge in [-0.2, -0.15) is 0 Å². The van der Waals surface area contributed by atoms with E-state index in [2.05, 4.69) is 0 Å². The molecule has 1 atom stereocenters. The van der Waals surface area contributed by atoms with Gasteiger partial charge in [0.25, 0.3) is 5.91 Å². The number of rotatable bonds is 2. The fourth-order valence-corrected chi connectivity index (χ4v) is 4.03. The van der Waals surface area contributed by atoms with Crippen molar-refractivity contribution in [3.05, 3.63) is 34.6 Å². The maximum Gasteiger partial charge on any atom is 0.256 e. The van der Waals surface area contributed by atoms with E-state index in [1.807, 2.05) is 0 Å². The van der Waals surface area contributed by atoms with Crippen LogP contribution in [0.4, 0.5) is 4.39 Å². The number of halogens is 2. The SMILES string of the molecule is CN(C(=O)c1ccc(Cl)cc1F)[C@@H]1CCS(=O)(=O)C1. The maximum absolute atomic E-state index is 13.7. The van der Waals surface area contributed by atoms with Gasteiger partial charge in [-0.1, -0.05) is 11.6 Å². The summed E-state index contributed by atoms with van der Waals surface area (Å²) >= 11 is 5.62. The number of benzene rings is 1. The molecule has 104 valence electrons. The number of hydrogen-bond donors (Lipinski definition) is 0. The number of hydrogen-bond acceptors (Lipinski definition) is 3. The predicted molar refractivity (Wildman–Crippen MR) is 70.6 cm³/mol. The van der Waals surface area contributed by atoms with Crippen LogP contribution in [0.3, 0.4) is 0 Å². The van der Waals surface area contributed by atoms with Gasteiger partial charge >= 0.3 is 0 Å². The van der Waals surface area contributed by atoms with E-state index in [0.717, 1.165) is 6.07 Å². The van der Waals surface area contributed by atoms with E-state index in [0.29, 0.717) is 6.42 Å². The first-order valence-electron chi connectivity index (χ1n) is 5.73. The first-order chi connectivity index (χ1) is 8.80. The maximum atomic E-state index is 13.7. The number of carbonyl (C=O) groups is 1. The van der Waals surface area contributed by atoms with Crippen LogP contribution < -0.4 is 0 Å². The molecule has 1 saturated heterocycles. The molecule has 19 heavy (non-hydrogen) atoms. The molecule has 1 amide bonds. The summed E-state index contributed by atoms with van der Waals surface area (Å²) in [6, 6.07) is 3.40. The lowest BCUT2D eigenvalue weighted by molar-refractivity contribution is 0.0743. The van der Waals surface area contributed by atoms with Crippen molar-refractivity contribution in [2.45, 2.75) is 12.5 Å². The molecule has 0 unspecified atom stereocenters. The second-order valence-electron chi connectivity index (χ2n) is 4.60. The fourth-order valence-electron chi connectivity index (χ4n) is 2.10. The van der Waals surface area contributed by atoms with Crippen LogP contribution in [0.25, 0.3) is 0 Å². The van der Waals surface area contributed by atoms with Crippen molar-refractivity contribution in [1.29, 1.82) is 0 Å². The minimum absolute atomic E-state index is 0.0650. The summed E-state index contributed by atoms with van der Waals surface area (Å²) in [6.45, 7) is 0. The van der Waals surface area contributed by atoms with Crippen molar-refractivity contribution in [1.82, 2.24) is 4.90 Å². The number of carbonyl (C=O) groups excluding carboxylic acids is 1. The summed E-state index contributed by atoms with van der Waals surface area (Å²) in [7, 11) is -1.59. The van der Waals surface area contributed by atoms with Crippen LogP contribution in [0.1, 0.15) is 16.8 Å². The van der Waals surface area contributed by atoms with Crippen molar-refractivity contribution >= 4 is 27.3 Å². The molecule has 1 aliphatic heterocycles. The van der Waals surface area contributed by atoms with Crippen LogP contribution in [-0.4, -0.2) is 43.8 Å². The van der Waals surface area contributed by atoms with Gasteiger partial charge in [-0.25, -0.2) is 12.8 Å². The van der Waals surface area contributed by atoms with Crippen LogP contribution in [0, 0.1) is 5.82 Å². The Morgan fingerprint density at radius 1 is 1.47 bits per heavy atom. The summed E-state index contributed by atoms with van der Waals surface area (Å²) in [4.78, 5) is 13.4. The van der Waals surface area contributed by atoms with Gasteiger partial charge in [0.05, 0.1) is 17.1 Å². The van der Waals surface area contributed by atoms with E-state index in [4.69, 9.17) is 11.6 Å². The van der Waals surface area contributed by atoms with Gasteiger partial charge in [-0.15, -0.1) is 0 Å². The molecule has 1 fully saturated rings. The predicted octanol–water partition coefficient (Wildman–Crippen LogP) is 1.74. The second-order valence-corrected chi connectivity index (χ2v) is 7.26. The number of nitrogens with zero attached hydrogens (tertiary/aromatic N) is 1. The van der Waals surface area contributed by atoms with Gasteiger partial charge in [-0.05, 0) is 24.6 Å². The first-order valence-corrected chi connectivity index (χ1v) is 7.93. The zero-order valence-electron chi connectivity index (χ0n) is 10.3. The molecule has 0 spiro atoms. The van der Waals surface area contributed by atoms with Gasteiger partial charge in [0.1, 0.15) is 5.82 Å². The number of sulfone groups is 1. The van der Waals surface area contributed by atoms with Gasteiger partial charge < -0.3 is 4.90 Å². The van der Waals surface area contributed by atoms with E-state index in [1.165, 1.54) is 24.1 Å². The second kappa shape index (κ2) is 5.09. The largest absolute Gasteiger partial charge is 0.338 e. The molecule has 4 nitrogen and oxygen atoms in total. The molecule has 0 radical (unpaired) electrons. The third-order valence-corrected chi connectivity index (χ3v) is 5.22. The highest BCUT2D eigenvalue weighted by Gasteiger charge is 2.33. The van der Waals surface area contributed by atoms with E-state index < -0.39 is 27.6 Å².